The maximum atomic E-state index is 5.51. The summed E-state index contributed by atoms with van der Waals surface area (Å²) in [5.74, 6) is 1.42. The molecule has 0 bridgehead atoms. The molecule has 0 aliphatic carbocycles. The Morgan fingerprint density at radius 1 is 1.64 bits per heavy atom. The summed E-state index contributed by atoms with van der Waals surface area (Å²) in [4.78, 5) is 0. The highest BCUT2D eigenvalue weighted by atomic mass is 35.5. The molecular weight excluding hydrogens is 162 g/mol. The van der Waals surface area contributed by atoms with Crippen molar-refractivity contribution in [3.8, 4) is 0 Å². The lowest BCUT2D eigenvalue weighted by Crippen LogP contribution is -2.27. The van der Waals surface area contributed by atoms with Gasteiger partial charge in [-0.25, -0.2) is 0 Å². The Labute approximate surface area is 73.3 Å². The molecule has 1 N–H and O–H groups in total. The first-order valence-corrected chi connectivity index (χ1v) is 4.74. The van der Waals surface area contributed by atoms with Crippen molar-refractivity contribution in [1.29, 1.82) is 0 Å². The van der Waals surface area contributed by atoms with Crippen LogP contribution < -0.4 is 5.32 Å². The molecule has 1 saturated heterocycles. The summed E-state index contributed by atoms with van der Waals surface area (Å²) >= 11 is 5.51. The molecule has 0 radical (unpaired) electrons. The first kappa shape index (κ1) is 9.30. The smallest absolute Gasteiger partial charge is 0.0703 e. The van der Waals surface area contributed by atoms with E-state index >= 15 is 0 Å². The molecule has 3 heteroatoms. The first-order valence-electron chi connectivity index (χ1n) is 4.21. The Balaban J connectivity index is 1.99. The monoisotopic (exact) mass is 177 g/mol. The molecule has 11 heavy (non-hydrogen) atoms. The fourth-order valence-corrected chi connectivity index (χ4v) is 1.49. The van der Waals surface area contributed by atoms with Gasteiger partial charge in [-0.1, -0.05) is 6.92 Å². The van der Waals surface area contributed by atoms with E-state index in [-0.39, 0.29) is 0 Å². The lowest BCUT2D eigenvalue weighted by atomic mass is 10.1. The van der Waals surface area contributed by atoms with Crippen LogP contribution in [0.2, 0.25) is 0 Å². The molecule has 1 fully saturated rings. The van der Waals surface area contributed by atoms with Gasteiger partial charge in [0.1, 0.15) is 0 Å². The molecule has 0 aromatic heterocycles. The van der Waals surface area contributed by atoms with Crippen molar-refractivity contribution in [2.75, 3.05) is 25.6 Å². The van der Waals surface area contributed by atoms with E-state index in [4.69, 9.17) is 16.3 Å². The van der Waals surface area contributed by atoms with Gasteiger partial charge < -0.3 is 10.1 Å². The number of halogens is 1. The van der Waals surface area contributed by atoms with Crippen LogP contribution in [0.25, 0.3) is 0 Å². The lowest BCUT2D eigenvalue weighted by Gasteiger charge is -2.08. The number of ether oxygens (including phenoxy) is 1. The number of rotatable bonds is 4. The standard InChI is InChI=1S/C8H16ClNO/c1-7-4-8(11-6-7)5-10-3-2-9/h7-8,10H,2-6H2,1H3/t7-,8-/m0/s1. The van der Waals surface area contributed by atoms with Crippen LogP contribution in [0.4, 0.5) is 0 Å². The molecule has 0 aromatic carbocycles. The second-order valence-electron chi connectivity index (χ2n) is 3.19. The minimum Gasteiger partial charge on any atom is -0.377 e. The molecule has 2 atom stereocenters. The van der Waals surface area contributed by atoms with E-state index in [2.05, 4.69) is 12.2 Å². The zero-order chi connectivity index (χ0) is 8.10. The van der Waals surface area contributed by atoms with Crippen LogP contribution in [0.3, 0.4) is 0 Å². The topological polar surface area (TPSA) is 21.3 Å². The van der Waals surface area contributed by atoms with E-state index in [0.29, 0.717) is 12.0 Å². The van der Waals surface area contributed by atoms with Crippen LogP contribution >= 0.6 is 11.6 Å². The zero-order valence-corrected chi connectivity index (χ0v) is 7.73. The summed E-state index contributed by atoms with van der Waals surface area (Å²) in [6.07, 6.45) is 1.61. The van der Waals surface area contributed by atoms with Crippen molar-refractivity contribution >= 4 is 11.6 Å². The van der Waals surface area contributed by atoms with Gasteiger partial charge in [-0.3, -0.25) is 0 Å². The summed E-state index contributed by atoms with van der Waals surface area (Å²) in [5, 5.41) is 3.24. The van der Waals surface area contributed by atoms with Gasteiger partial charge in [0.2, 0.25) is 0 Å². The van der Waals surface area contributed by atoms with E-state index < -0.39 is 0 Å². The van der Waals surface area contributed by atoms with Gasteiger partial charge in [0.25, 0.3) is 0 Å². The maximum absolute atomic E-state index is 5.51. The average molecular weight is 178 g/mol. The Bertz CT molecular complexity index is 110. The van der Waals surface area contributed by atoms with Gasteiger partial charge in [-0.2, -0.15) is 0 Å². The van der Waals surface area contributed by atoms with Crippen molar-refractivity contribution < 1.29 is 4.74 Å². The Morgan fingerprint density at radius 3 is 3.00 bits per heavy atom. The fraction of sp³-hybridized carbons (Fsp3) is 1.00. The maximum Gasteiger partial charge on any atom is 0.0703 e. The second-order valence-corrected chi connectivity index (χ2v) is 3.57. The highest BCUT2D eigenvalue weighted by Crippen LogP contribution is 2.17. The van der Waals surface area contributed by atoms with E-state index in [1.165, 1.54) is 6.42 Å². The third-order valence-electron chi connectivity index (χ3n) is 1.92. The minimum absolute atomic E-state index is 0.424. The molecule has 1 aliphatic heterocycles. The van der Waals surface area contributed by atoms with E-state index in [9.17, 15) is 0 Å². The second kappa shape index (κ2) is 4.96. The fourth-order valence-electron chi connectivity index (χ4n) is 1.36. The zero-order valence-electron chi connectivity index (χ0n) is 6.98. The quantitative estimate of drug-likeness (QED) is 0.516. The van der Waals surface area contributed by atoms with E-state index in [1.54, 1.807) is 0 Å². The normalized spacial score (nSPS) is 31.1. The van der Waals surface area contributed by atoms with Gasteiger partial charge in [0.05, 0.1) is 6.10 Å². The van der Waals surface area contributed by atoms with Crippen molar-refractivity contribution in [3.63, 3.8) is 0 Å². The van der Waals surface area contributed by atoms with Gasteiger partial charge in [0, 0.05) is 25.6 Å². The molecule has 1 rings (SSSR count). The summed E-state index contributed by atoms with van der Waals surface area (Å²) in [7, 11) is 0. The lowest BCUT2D eigenvalue weighted by molar-refractivity contribution is 0.107. The van der Waals surface area contributed by atoms with Crippen molar-refractivity contribution in [2.45, 2.75) is 19.4 Å². The predicted octanol–water partition coefficient (Wildman–Crippen LogP) is 1.24. The SMILES string of the molecule is C[C@@H]1CO[C@H](CNCCCl)C1. The van der Waals surface area contributed by atoms with E-state index in [0.717, 1.165) is 25.6 Å². The predicted molar refractivity (Wildman–Crippen MR) is 47.1 cm³/mol. The van der Waals surface area contributed by atoms with Crippen molar-refractivity contribution in [2.24, 2.45) is 5.92 Å². The molecule has 0 aromatic rings. The number of hydrogen-bond donors (Lipinski definition) is 1. The Hall–Kier alpha value is 0.210. The summed E-state index contributed by atoms with van der Waals surface area (Å²) in [6.45, 7) is 4.99. The molecule has 1 heterocycles. The molecule has 0 unspecified atom stereocenters. The molecule has 0 spiro atoms. The van der Waals surface area contributed by atoms with Gasteiger partial charge in [-0.15, -0.1) is 11.6 Å². The van der Waals surface area contributed by atoms with Crippen LogP contribution in [0.1, 0.15) is 13.3 Å². The summed E-state index contributed by atoms with van der Waals surface area (Å²) in [6, 6.07) is 0. The largest absolute Gasteiger partial charge is 0.377 e. The summed E-state index contributed by atoms with van der Waals surface area (Å²) < 4.78 is 5.51. The molecule has 2 nitrogen and oxygen atoms in total. The van der Waals surface area contributed by atoms with Crippen LogP contribution in [-0.2, 0) is 4.74 Å². The molecule has 1 aliphatic rings. The first-order chi connectivity index (χ1) is 5.33. The Morgan fingerprint density at radius 2 is 2.45 bits per heavy atom. The third-order valence-corrected chi connectivity index (χ3v) is 2.11. The van der Waals surface area contributed by atoms with Gasteiger partial charge in [0.15, 0.2) is 0 Å². The van der Waals surface area contributed by atoms with Crippen LogP contribution in [0, 0.1) is 5.92 Å². The van der Waals surface area contributed by atoms with Crippen LogP contribution in [0.5, 0.6) is 0 Å². The average Bonchev–Trinajstić information content (AvgIpc) is 2.37. The van der Waals surface area contributed by atoms with Crippen molar-refractivity contribution in [1.82, 2.24) is 5.32 Å². The highest BCUT2D eigenvalue weighted by Gasteiger charge is 2.20. The summed E-state index contributed by atoms with van der Waals surface area (Å²) in [5.41, 5.74) is 0. The van der Waals surface area contributed by atoms with Crippen LogP contribution in [0.15, 0.2) is 0 Å². The van der Waals surface area contributed by atoms with Gasteiger partial charge in [-0.05, 0) is 12.3 Å². The highest BCUT2D eigenvalue weighted by molar-refractivity contribution is 6.18. The molecule has 0 saturated carbocycles. The molecule has 0 amide bonds. The van der Waals surface area contributed by atoms with E-state index in [1.807, 2.05) is 0 Å². The van der Waals surface area contributed by atoms with Crippen LogP contribution in [-0.4, -0.2) is 31.7 Å². The minimum atomic E-state index is 0.424. The number of alkyl halides is 1. The number of hydrogen-bond acceptors (Lipinski definition) is 2. The number of nitrogens with one attached hydrogen (secondary N) is 1. The van der Waals surface area contributed by atoms with Gasteiger partial charge >= 0.3 is 0 Å². The molecule has 66 valence electrons. The third kappa shape index (κ3) is 3.41. The molecular formula is C8H16ClNO. The van der Waals surface area contributed by atoms with Crippen molar-refractivity contribution in [3.05, 3.63) is 0 Å². The Kier molecular flexibility index (Phi) is 4.20.